The highest BCUT2D eigenvalue weighted by Crippen LogP contribution is 2.44. The number of carbonyl (C=O) groups excluding carboxylic acids is 1. The molecule has 10 rings (SSSR count). The maximum atomic E-state index is 14.4. The Morgan fingerprint density at radius 3 is 1.00 bits per heavy atom. The first-order chi connectivity index (χ1) is 38.6. The predicted octanol–water partition coefficient (Wildman–Crippen LogP) is 21.0. The summed E-state index contributed by atoms with van der Waals surface area (Å²) >= 11 is 0. The van der Waals surface area contributed by atoms with Gasteiger partial charge in [-0.2, -0.15) is 0 Å². The fraction of sp³-hybridized carbons (Fsp3) is 0.338. The number of rotatable bonds is 6. The highest BCUT2D eigenvalue weighted by Gasteiger charge is 2.28. The molecule has 83 heavy (non-hydrogen) atoms. The summed E-state index contributed by atoms with van der Waals surface area (Å²) in [6, 6.07) is 44.3. The van der Waals surface area contributed by atoms with E-state index < -0.39 is 0 Å². The van der Waals surface area contributed by atoms with Gasteiger partial charge in [0.15, 0.2) is 0 Å². The second-order valence-electron chi connectivity index (χ2n) is 29.7. The van der Waals surface area contributed by atoms with Crippen molar-refractivity contribution in [3.05, 3.63) is 194 Å². The zero-order valence-corrected chi connectivity index (χ0v) is 53.2. The summed E-state index contributed by atoms with van der Waals surface area (Å²) in [5.74, 6) is -0.178. The summed E-state index contributed by atoms with van der Waals surface area (Å²) in [7, 11) is 0. The average Bonchev–Trinajstić information content (AvgIpc) is 3.58. The van der Waals surface area contributed by atoms with Gasteiger partial charge in [0.2, 0.25) is 0 Å². The lowest BCUT2D eigenvalue weighted by molar-refractivity contribution is 0.102. The van der Waals surface area contributed by atoms with Crippen LogP contribution < -0.4 is 5.32 Å². The summed E-state index contributed by atoms with van der Waals surface area (Å²) in [6.45, 7) is 45.5. The summed E-state index contributed by atoms with van der Waals surface area (Å²) in [4.78, 5) is 34.1. The van der Waals surface area contributed by atoms with E-state index in [1.54, 1.807) is 0 Å². The Balaban J connectivity index is 1.41. The van der Waals surface area contributed by atoms with Gasteiger partial charge in [0, 0.05) is 61.1 Å². The van der Waals surface area contributed by atoms with E-state index >= 15 is 0 Å². The number of fused-ring (bicyclic) bond motifs is 8. The topological polar surface area (TPSA) is 86.5 Å². The van der Waals surface area contributed by atoms with Crippen molar-refractivity contribution in [1.82, 2.24) is 19.9 Å². The van der Waals surface area contributed by atoms with E-state index in [1.807, 2.05) is 43.3 Å². The van der Waals surface area contributed by atoms with Crippen LogP contribution >= 0.6 is 0 Å². The van der Waals surface area contributed by atoms with Gasteiger partial charge in [0.25, 0.3) is 5.91 Å². The van der Waals surface area contributed by atoms with Gasteiger partial charge in [0.05, 0.1) is 22.8 Å². The third kappa shape index (κ3) is 11.9. The molecule has 0 fully saturated rings. The molecule has 5 heterocycles. The van der Waals surface area contributed by atoms with Gasteiger partial charge in [0.1, 0.15) is 0 Å². The number of para-hydroxylation sites is 1. The van der Waals surface area contributed by atoms with Crippen molar-refractivity contribution in [1.29, 1.82) is 0 Å². The van der Waals surface area contributed by atoms with Crippen LogP contribution in [0.25, 0.3) is 90.9 Å². The van der Waals surface area contributed by atoms with Gasteiger partial charge in [-0.05, 0) is 174 Å². The number of anilines is 1. The van der Waals surface area contributed by atoms with Crippen LogP contribution in [0.1, 0.15) is 202 Å². The second-order valence-corrected chi connectivity index (χ2v) is 29.7. The van der Waals surface area contributed by atoms with Crippen molar-refractivity contribution in [2.75, 3.05) is 5.32 Å². The molecule has 0 atom stereocenters. The van der Waals surface area contributed by atoms with Crippen LogP contribution in [-0.2, 0) is 32.5 Å². The Morgan fingerprint density at radius 2 is 0.675 bits per heavy atom. The molecule has 0 aliphatic carbocycles. The first-order valence-corrected chi connectivity index (χ1v) is 29.8. The Bertz CT molecular complexity index is 3970. The van der Waals surface area contributed by atoms with E-state index in [4.69, 9.17) is 9.97 Å². The summed E-state index contributed by atoms with van der Waals surface area (Å²) in [6.07, 6.45) is 8.75. The number of nitrogens with zero attached hydrogens (tertiary/aromatic N) is 2. The Hall–Kier alpha value is -7.83. The number of benzene rings is 5. The van der Waals surface area contributed by atoms with Crippen LogP contribution in [-0.4, -0.2) is 25.8 Å². The third-order valence-corrected chi connectivity index (χ3v) is 16.8. The molecule has 2 aliphatic rings. The molecule has 1 amide bonds. The largest absolute Gasteiger partial charge is 0.354 e. The van der Waals surface area contributed by atoms with Crippen LogP contribution in [0.5, 0.6) is 0 Å². The number of aryl methyl sites for hydroxylation is 2. The van der Waals surface area contributed by atoms with Gasteiger partial charge in [-0.3, -0.25) is 4.79 Å². The lowest BCUT2D eigenvalue weighted by atomic mass is 9.78. The number of carbonyl (C=O) groups is 1. The first-order valence-electron chi connectivity index (χ1n) is 29.8. The second kappa shape index (κ2) is 20.8. The number of amides is 1. The molecule has 0 saturated heterocycles. The lowest BCUT2D eigenvalue weighted by Crippen LogP contribution is -2.16. The van der Waals surface area contributed by atoms with Crippen LogP contribution in [0.2, 0.25) is 0 Å². The van der Waals surface area contributed by atoms with Crippen molar-refractivity contribution < 1.29 is 4.79 Å². The number of H-pyrrole nitrogens is 2. The van der Waals surface area contributed by atoms with Crippen LogP contribution in [0.4, 0.5) is 5.69 Å². The van der Waals surface area contributed by atoms with Crippen LogP contribution in [0.3, 0.4) is 0 Å². The molecule has 0 spiro atoms. The van der Waals surface area contributed by atoms with Crippen LogP contribution in [0, 0.1) is 13.8 Å². The number of hydrogen-bond acceptors (Lipinski definition) is 3. The molecule has 6 nitrogen and oxygen atoms in total. The Kier molecular flexibility index (Phi) is 14.6. The fourth-order valence-corrected chi connectivity index (χ4v) is 11.2. The average molecular weight is 1100 g/mol. The molecule has 6 heteroatoms. The fourth-order valence-electron chi connectivity index (χ4n) is 11.2. The quantitative estimate of drug-likeness (QED) is 0.155. The van der Waals surface area contributed by atoms with E-state index in [2.05, 4.69) is 256 Å². The minimum atomic E-state index is -0.178. The van der Waals surface area contributed by atoms with Gasteiger partial charge in [-0.25, -0.2) is 9.97 Å². The molecular formula is C77H87N5O. The molecule has 426 valence electrons. The van der Waals surface area contributed by atoms with Crippen molar-refractivity contribution in [3.8, 4) is 44.5 Å². The standard InChI is InChI=1S/C77H87N5O/c1-45-25-26-47(35-46(45)2)71(83)82-58-24-22-21-23-57(58)70-65-33-31-63(80-65)68(49-38-53(74(9,10)11)43-54(39-49)75(12,13)14)61-29-27-59(78-61)67(48-36-51(72(3,4)5)42-52(37-48)73(6,7)8)60-28-30-62(79-60)69(64-32-34-66(70)81-64)50-40-55(76(15,16)17)44-56(41-50)77(18,19)20/h21-44,78,81H,1-20H3,(H,82,83). The van der Waals surface area contributed by atoms with Crippen molar-refractivity contribution >= 4 is 58.0 Å². The minimum Gasteiger partial charge on any atom is -0.354 e. The van der Waals surface area contributed by atoms with Crippen molar-refractivity contribution in [3.63, 3.8) is 0 Å². The molecule has 8 bridgehead atoms. The molecule has 0 saturated carbocycles. The van der Waals surface area contributed by atoms with E-state index in [1.165, 1.54) is 33.4 Å². The number of aromatic nitrogens is 4. The highest BCUT2D eigenvalue weighted by molar-refractivity contribution is 6.08. The van der Waals surface area contributed by atoms with E-state index in [9.17, 15) is 4.79 Å². The van der Waals surface area contributed by atoms with Gasteiger partial charge < -0.3 is 15.3 Å². The zero-order valence-electron chi connectivity index (χ0n) is 53.2. The minimum absolute atomic E-state index is 0.122. The van der Waals surface area contributed by atoms with E-state index in [0.717, 1.165) is 100 Å². The number of hydrogen-bond donors (Lipinski definition) is 3. The van der Waals surface area contributed by atoms with E-state index in [-0.39, 0.29) is 38.4 Å². The molecule has 3 aromatic heterocycles. The van der Waals surface area contributed by atoms with Gasteiger partial charge in [-0.15, -0.1) is 0 Å². The molecule has 5 aromatic carbocycles. The Morgan fingerprint density at radius 1 is 0.361 bits per heavy atom. The monoisotopic (exact) mass is 1100 g/mol. The molecular weight excluding hydrogens is 1010 g/mol. The summed E-state index contributed by atoms with van der Waals surface area (Å²) < 4.78 is 0. The smallest absolute Gasteiger partial charge is 0.255 e. The molecule has 2 aliphatic heterocycles. The van der Waals surface area contributed by atoms with E-state index in [0.29, 0.717) is 11.3 Å². The van der Waals surface area contributed by atoms with Gasteiger partial charge >= 0.3 is 0 Å². The van der Waals surface area contributed by atoms with Crippen molar-refractivity contribution in [2.24, 2.45) is 0 Å². The normalized spacial score (nSPS) is 13.3. The number of aromatic amines is 2. The van der Waals surface area contributed by atoms with Crippen LogP contribution in [0.15, 0.2) is 121 Å². The molecule has 0 unspecified atom stereocenters. The highest BCUT2D eigenvalue weighted by atomic mass is 16.1. The molecule has 0 radical (unpaired) electrons. The first kappa shape index (κ1) is 58.4. The third-order valence-electron chi connectivity index (χ3n) is 16.8. The maximum Gasteiger partial charge on any atom is 0.255 e. The lowest BCUT2D eigenvalue weighted by Gasteiger charge is -2.26. The van der Waals surface area contributed by atoms with Gasteiger partial charge in [-0.1, -0.05) is 203 Å². The molecule has 8 aromatic rings. The zero-order chi connectivity index (χ0) is 60.1. The Labute approximate surface area is 495 Å². The summed E-state index contributed by atoms with van der Waals surface area (Å²) in [5.41, 5.74) is 25.2. The molecule has 3 N–H and O–H groups in total. The summed E-state index contributed by atoms with van der Waals surface area (Å²) in [5, 5.41) is 3.35. The number of nitrogens with one attached hydrogen (secondary N) is 3. The van der Waals surface area contributed by atoms with Crippen molar-refractivity contribution in [2.45, 2.75) is 171 Å². The SMILES string of the molecule is Cc1ccc(C(=O)Nc2ccccc2-c2c3nc(c(-c4cc(C(C)(C)C)cc(C(C)(C)C)c4)c4ccc([nH]4)c(-c4cc(C(C)(C)C)cc(C(C)(C)C)c4)c4nc(c(-c5cc(C(C)(C)C)cc(C(C)(C)C)c5)c5ccc2[nH]5)C=C4)C=C3)cc1C. The maximum absolute atomic E-state index is 14.4. The predicted molar refractivity (Wildman–Crippen MR) is 357 cm³/mol.